The Labute approximate surface area is 353 Å². The molecule has 1 aromatic heterocycles. The fourth-order valence-corrected chi connectivity index (χ4v) is 14.0. The van der Waals surface area contributed by atoms with Crippen molar-refractivity contribution in [1.29, 1.82) is 0 Å². The summed E-state index contributed by atoms with van der Waals surface area (Å²) >= 11 is 3.71. The van der Waals surface area contributed by atoms with E-state index in [1.165, 1.54) is 17.0 Å². The molecule has 2 unspecified atom stereocenters. The number of aliphatic hydroxyl groups is 1. The molecule has 0 aliphatic carbocycles. The molecule has 5 aromatic rings. The van der Waals surface area contributed by atoms with E-state index in [0.29, 0.717) is 24.3 Å². The average molecular weight is 879 g/mol. The van der Waals surface area contributed by atoms with Crippen molar-refractivity contribution in [2.75, 3.05) is 23.5 Å². The van der Waals surface area contributed by atoms with Gasteiger partial charge in [-0.3, -0.25) is 24.0 Å². The van der Waals surface area contributed by atoms with Crippen LogP contribution in [0.25, 0.3) is 0 Å². The van der Waals surface area contributed by atoms with Gasteiger partial charge in [0.2, 0.25) is 5.91 Å². The highest BCUT2D eigenvalue weighted by Gasteiger charge is 2.66. The summed E-state index contributed by atoms with van der Waals surface area (Å²) in [6.45, 7) is 8.92. The van der Waals surface area contributed by atoms with Gasteiger partial charge in [-0.15, -0.1) is 5.10 Å². The van der Waals surface area contributed by atoms with Crippen LogP contribution in [0.4, 0.5) is 11.4 Å². The summed E-state index contributed by atoms with van der Waals surface area (Å²) in [5, 5.41) is 20.5. The van der Waals surface area contributed by atoms with Crippen molar-refractivity contribution in [2.24, 2.45) is 5.92 Å². The van der Waals surface area contributed by atoms with Gasteiger partial charge in [-0.2, -0.15) is 0 Å². The molecule has 12 nitrogen and oxygen atoms in total. The number of carbonyl (C=O) groups is 3. The first kappa shape index (κ1) is 40.6. The maximum absolute atomic E-state index is 15.3. The minimum absolute atomic E-state index is 0.0163. The second kappa shape index (κ2) is 16.1. The number of aryl methyl sites for hydroxylation is 1. The minimum atomic E-state index is -2.40. The van der Waals surface area contributed by atoms with E-state index in [9.17, 15) is 14.7 Å². The second-order valence-corrected chi connectivity index (χ2v) is 21.9. The molecule has 306 valence electrons. The van der Waals surface area contributed by atoms with Crippen LogP contribution in [0.1, 0.15) is 55.0 Å². The lowest BCUT2D eigenvalue weighted by atomic mass is 9.82. The molecule has 4 aromatic carbocycles. The number of hydrogen-bond donors (Lipinski definition) is 1. The van der Waals surface area contributed by atoms with Crippen LogP contribution in [-0.4, -0.2) is 72.0 Å². The molecule has 0 radical (unpaired) electrons. The SMILES string of the molecule is COc1ccc([Si](C)(C)[C@@H]2[C@@H](CCn3cc(C(CO)c4ccccc4)nn3)O[C@]3(C(=O)N(Cc4ccc(N5C(=O)CC5OC(C)=O)cc4)c4ccc(Br)cc43)[C@H]2C)cc1. The van der Waals surface area contributed by atoms with Gasteiger partial charge in [0.1, 0.15) is 5.75 Å². The molecule has 1 spiro atoms. The standard InChI is InChI=1S/C45H48BrN5O7Si/c1-28-43(59(4,5)35-18-16-34(56-3)17-19-35)40(21-22-49-26-38(47-48-49)36(27-52)31-9-7-6-8-10-31)58-45(28)37-23-32(46)13-20-39(37)50(44(45)55)25-30-11-14-33(15-12-30)51-41(54)24-42(51)57-29(2)53/h6-20,23,26,28,36,40,42-43,52H,21-22,24-25,27H2,1-5H3/t28-,36?,40+,42?,43-,45+/m0/s1. The lowest BCUT2D eigenvalue weighted by molar-refractivity contribution is -0.154. The monoisotopic (exact) mass is 877 g/mol. The van der Waals surface area contributed by atoms with Crippen LogP contribution in [0.3, 0.4) is 0 Å². The number of amides is 2. The third kappa shape index (κ3) is 7.30. The van der Waals surface area contributed by atoms with Crippen molar-refractivity contribution in [3.05, 3.63) is 130 Å². The van der Waals surface area contributed by atoms with Crippen molar-refractivity contribution in [3.63, 3.8) is 0 Å². The van der Waals surface area contributed by atoms with Crippen LogP contribution in [-0.2, 0) is 42.5 Å². The number of esters is 1. The van der Waals surface area contributed by atoms with Gasteiger partial charge in [-0.25, -0.2) is 0 Å². The molecule has 2 saturated heterocycles. The summed E-state index contributed by atoms with van der Waals surface area (Å²) in [6.07, 6.45) is 1.70. The predicted molar refractivity (Wildman–Crippen MR) is 229 cm³/mol. The van der Waals surface area contributed by atoms with Crippen LogP contribution in [0.15, 0.2) is 108 Å². The van der Waals surface area contributed by atoms with Crippen molar-refractivity contribution >= 4 is 58.3 Å². The van der Waals surface area contributed by atoms with Gasteiger partial charge in [-0.05, 0) is 65.6 Å². The van der Waals surface area contributed by atoms with Crippen molar-refractivity contribution in [2.45, 2.75) is 82.3 Å². The van der Waals surface area contributed by atoms with Gasteiger partial charge < -0.3 is 24.2 Å². The van der Waals surface area contributed by atoms with E-state index < -0.39 is 25.9 Å². The van der Waals surface area contributed by atoms with Gasteiger partial charge in [0.25, 0.3) is 5.91 Å². The number of halogens is 1. The lowest BCUT2D eigenvalue weighted by Crippen LogP contribution is -2.54. The zero-order valence-corrected chi connectivity index (χ0v) is 36.3. The number of rotatable bonds is 13. The fourth-order valence-electron chi connectivity index (χ4n) is 9.54. The number of ether oxygens (including phenoxy) is 3. The first-order chi connectivity index (χ1) is 28.3. The number of β-lactam (4-membered cyclic amide) rings is 1. The number of anilines is 2. The lowest BCUT2D eigenvalue weighted by Gasteiger charge is -2.39. The molecule has 0 saturated carbocycles. The maximum atomic E-state index is 15.3. The quantitative estimate of drug-likeness (QED) is 0.0784. The smallest absolute Gasteiger partial charge is 0.304 e. The molecule has 3 aliphatic heterocycles. The molecule has 6 atom stereocenters. The van der Waals surface area contributed by atoms with Crippen molar-refractivity contribution in [3.8, 4) is 5.75 Å². The number of methoxy groups -OCH3 is 1. The van der Waals surface area contributed by atoms with Crippen molar-refractivity contribution < 1.29 is 33.7 Å². The highest BCUT2D eigenvalue weighted by molar-refractivity contribution is 9.10. The first-order valence-corrected chi connectivity index (χ1v) is 23.8. The Hall–Kier alpha value is -5.15. The normalized spacial score (nSPS) is 23.0. The van der Waals surface area contributed by atoms with Crippen LogP contribution < -0.4 is 19.7 Å². The second-order valence-electron chi connectivity index (χ2n) is 16.2. The Morgan fingerprint density at radius 1 is 1.03 bits per heavy atom. The molecule has 4 heterocycles. The summed E-state index contributed by atoms with van der Waals surface area (Å²) in [7, 11) is -0.740. The first-order valence-electron chi connectivity index (χ1n) is 19.9. The van der Waals surface area contributed by atoms with E-state index in [1.54, 1.807) is 7.11 Å². The Morgan fingerprint density at radius 2 is 1.76 bits per heavy atom. The van der Waals surface area contributed by atoms with E-state index >= 15 is 4.79 Å². The summed E-state index contributed by atoms with van der Waals surface area (Å²) < 4.78 is 20.9. The Balaban J connectivity index is 1.11. The molecule has 59 heavy (non-hydrogen) atoms. The van der Waals surface area contributed by atoms with Crippen LogP contribution in [0.5, 0.6) is 5.75 Å². The predicted octanol–water partition coefficient (Wildman–Crippen LogP) is 6.65. The molecule has 1 N–H and O–H groups in total. The number of fused-ring (bicyclic) bond motifs is 2. The summed E-state index contributed by atoms with van der Waals surface area (Å²) in [5.41, 5.74) is 3.54. The largest absolute Gasteiger partial charge is 0.497 e. The number of hydrogen-bond acceptors (Lipinski definition) is 9. The Kier molecular flexibility index (Phi) is 11.1. The summed E-state index contributed by atoms with van der Waals surface area (Å²) in [4.78, 5) is 42.7. The fraction of sp³-hybridized carbons (Fsp3) is 0.356. The number of carbonyl (C=O) groups excluding carboxylic acids is 3. The van der Waals surface area contributed by atoms with E-state index in [-0.39, 0.29) is 54.9 Å². The molecule has 3 aliphatic rings. The van der Waals surface area contributed by atoms with Gasteiger partial charge in [-0.1, -0.05) is 101 Å². The van der Waals surface area contributed by atoms with Gasteiger partial charge in [0.15, 0.2) is 11.8 Å². The number of nitrogens with zero attached hydrogens (tertiary/aromatic N) is 5. The molecule has 14 heteroatoms. The van der Waals surface area contributed by atoms with Gasteiger partial charge >= 0.3 is 5.97 Å². The summed E-state index contributed by atoms with van der Waals surface area (Å²) in [5.74, 6) is -0.393. The van der Waals surface area contributed by atoms with E-state index in [2.05, 4.69) is 58.4 Å². The molecule has 2 fully saturated rings. The maximum Gasteiger partial charge on any atom is 0.304 e. The zero-order chi connectivity index (χ0) is 41.6. The number of aliphatic hydroxyl groups excluding tert-OH is 1. The van der Waals surface area contributed by atoms with Crippen LogP contribution >= 0.6 is 15.9 Å². The Morgan fingerprint density at radius 3 is 2.42 bits per heavy atom. The van der Waals surface area contributed by atoms with E-state index in [4.69, 9.17) is 14.2 Å². The molecule has 0 bridgehead atoms. The van der Waals surface area contributed by atoms with Gasteiger partial charge in [0, 0.05) is 41.3 Å². The van der Waals surface area contributed by atoms with E-state index in [0.717, 1.165) is 32.6 Å². The highest BCUT2D eigenvalue weighted by Crippen LogP contribution is 2.60. The Bertz CT molecular complexity index is 2360. The third-order valence-electron chi connectivity index (χ3n) is 12.5. The highest BCUT2D eigenvalue weighted by atomic mass is 79.9. The minimum Gasteiger partial charge on any atom is -0.497 e. The van der Waals surface area contributed by atoms with Gasteiger partial charge in [0.05, 0.1) is 58.2 Å². The number of benzene rings is 4. The van der Waals surface area contributed by atoms with Crippen LogP contribution in [0, 0.1) is 5.92 Å². The van der Waals surface area contributed by atoms with Crippen LogP contribution in [0.2, 0.25) is 18.6 Å². The number of aromatic nitrogens is 3. The third-order valence-corrected chi connectivity index (χ3v) is 17.4. The van der Waals surface area contributed by atoms with Crippen molar-refractivity contribution in [1.82, 2.24) is 15.0 Å². The topological polar surface area (TPSA) is 136 Å². The zero-order valence-electron chi connectivity index (χ0n) is 33.7. The molecular formula is C45H48BrN5O7Si. The average Bonchev–Trinajstić information content (AvgIpc) is 3.88. The molecular weight excluding hydrogens is 831 g/mol. The summed E-state index contributed by atoms with van der Waals surface area (Å²) in [6, 6.07) is 31.5. The molecule has 2 amide bonds. The molecule has 8 rings (SSSR count). The van der Waals surface area contributed by atoms with E-state index in [1.807, 2.05) is 101 Å².